The fourth-order valence-electron chi connectivity index (χ4n) is 3.08. The van der Waals surface area contributed by atoms with E-state index in [1.54, 1.807) is 17.3 Å². The third-order valence-electron chi connectivity index (χ3n) is 4.26. The van der Waals surface area contributed by atoms with Crippen molar-refractivity contribution in [1.82, 2.24) is 9.88 Å². The van der Waals surface area contributed by atoms with Gasteiger partial charge in [-0.3, -0.25) is 9.78 Å². The van der Waals surface area contributed by atoms with E-state index in [2.05, 4.69) is 4.98 Å². The molecule has 0 bridgehead atoms. The maximum Gasteiger partial charge on any atom is 0.248 e. The highest BCUT2D eigenvalue weighted by Gasteiger charge is 2.49. The van der Waals surface area contributed by atoms with Crippen LogP contribution in [0.5, 0.6) is 0 Å². The van der Waals surface area contributed by atoms with Crippen molar-refractivity contribution < 1.29 is 19.0 Å². The van der Waals surface area contributed by atoms with E-state index in [0.717, 1.165) is 18.4 Å². The molecule has 1 atom stereocenters. The summed E-state index contributed by atoms with van der Waals surface area (Å²) >= 11 is 0. The Morgan fingerprint density at radius 3 is 2.95 bits per heavy atom. The number of nitrogens with zero attached hydrogens (tertiary/aromatic N) is 2. The molecule has 1 aromatic rings. The first-order valence-corrected chi connectivity index (χ1v) is 7.62. The lowest BCUT2D eigenvalue weighted by Gasteiger charge is -2.52. The van der Waals surface area contributed by atoms with Crippen LogP contribution < -0.4 is 0 Å². The van der Waals surface area contributed by atoms with Crippen LogP contribution >= 0.6 is 0 Å². The van der Waals surface area contributed by atoms with Crippen LogP contribution in [0.2, 0.25) is 0 Å². The van der Waals surface area contributed by atoms with E-state index in [-0.39, 0.29) is 24.2 Å². The van der Waals surface area contributed by atoms with Gasteiger partial charge in [0.1, 0.15) is 12.2 Å². The molecule has 1 amide bonds. The summed E-state index contributed by atoms with van der Waals surface area (Å²) in [4.78, 5) is 17.5. The summed E-state index contributed by atoms with van der Waals surface area (Å²) in [7, 11) is 1.54. The Balaban J connectivity index is 1.47. The number of carbonyl (C=O) groups excluding carboxylic acids is 1. The number of methoxy groups -OCH3 is 1. The summed E-state index contributed by atoms with van der Waals surface area (Å²) in [5, 5.41) is 0. The number of pyridine rings is 1. The SMILES string of the molecule is COCC(=O)N1CC2(C[C@H](OCc3ccncc3)CCO2)C1. The van der Waals surface area contributed by atoms with Gasteiger partial charge in [0.15, 0.2) is 0 Å². The Hall–Kier alpha value is -1.50. The predicted molar refractivity (Wildman–Crippen MR) is 79.2 cm³/mol. The molecule has 2 saturated heterocycles. The van der Waals surface area contributed by atoms with Gasteiger partial charge in [0, 0.05) is 32.5 Å². The summed E-state index contributed by atoms with van der Waals surface area (Å²) in [6.07, 6.45) is 5.47. The Morgan fingerprint density at radius 2 is 2.23 bits per heavy atom. The molecule has 2 fully saturated rings. The van der Waals surface area contributed by atoms with Crippen LogP contribution in [0.1, 0.15) is 18.4 Å². The molecule has 0 saturated carbocycles. The number of rotatable bonds is 5. The number of likely N-dealkylation sites (tertiary alicyclic amines) is 1. The summed E-state index contributed by atoms with van der Waals surface area (Å²) in [6.45, 7) is 2.70. The maximum atomic E-state index is 11.8. The van der Waals surface area contributed by atoms with Gasteiger partial charge < -0.3 is 19.1 Å². The quantitative estimate of drug-likeness (QED) is 0.812. The lowest BCUT2D eigenvalue weighted by molar-refractivity contribution is -0.203. The molecule has 0 radical (unpaired) electrons. The second-order valence-corrected chi connectivity index (χ2v) is 6.00. The first-order chi connectivity index (χ1) is 10.7. The van der Waals surface area contributed by atoms with Crippen LogP contribution in [0.3, 0.4) is 0 Å². The lowest BCUT2D eigenvalue weighted by Crippen LogP contribution is -2.67. The van der Waals surface area contributed by atoms with Gasteiger partial charge >= 0.3 is 0 Å². The zero-order chi connectivity index (χ0) is 15.4. The molecule has 0 aromatic carbocycles. The summed E-state index contributed by atoms with van der Waals surface area (Å²) in [5.74, 6) is 0.0246. The van der Waals surface area contributed by atoms with Gasteiger partial charge in [-0.15, -0.1) is 0 Å². The van der Waals surface area contributed by atoms with Crippen molar-refractivity contribution in [1.29, 1.82) is 0 Å². The Morgan fingerprint density at radius 1 is 1.45 bits per heavy atom. The standard InChI is InChI=1S/C16H22N2O4/c1-20-10-15(19)18-11-16(12-18)8-14(4-7-22-16)21-9-13-2-5-17-6-3-13/h2-3,5-6,14H,4,7-12H2,1H3/t14-/m1/s1. The Kier molecular flexibility index (Phi) is 4.71. The minimum atomic E-state index is -0.218. The monoisotopic (exact) mass is 306 g/mol. The normalized spacial score (nSPS) is 23.3. The zero-order valence-corrected chi connectivity index (χ0v) is 12.9. The van der Waals surface area contributed by atoms with Crippen molar-refractivity contribution in [3.8, 4) is 0 Å². The molecule has 120 valence electrons. The van der Waals surface area contributed by atoms with Crippen LogP contribution in [0.15, 0.2) is 24.5 Å². The molecule has 2 aliphatic rings. The van der Waals surface area contributed by atoms with E-state index in [1.807, 2.05) is 12.1 Å². The molecule has 1 aromatic heterocycles. The average Bonchev–Trinajstić information content (AvgIpc) is 2.52. The fraction of sp³-hybridized carbons (Fsp3) is 0.625. The van der Waals surface area contributed by atoms with Gasteiger partial charge in [0.2, 0.25) is 5.91 Å². The Bertz CT molecular complexity index is 502. The molecule has 6 heteroatoms. The molecule has 3 rings (SSSR count). The van der Waals surface area contributed by atoms with E-state index in [1.165, 1.54) is 7.11 Å². The van der Waals surface area contributed by atoms with E-state index in [0.29, 0.717) is 26.3 Å². The minimum absolute atomic E-state index is 0.0246. The van der Waals surface area contributed by atoms with Gasteiger partial charge in [0.05, 0.1) is 25.8 Å². The number of aromatic nitrogens is 1. The smallest absolute Gasteiger partial charge is 0.248 e. The second-order valence-electron chi connectivity index (χ2n) is 6.00. The molecule has 2 aliphatic heterocycles. The predicted octanol–water partition coefficient (Wildman–Crippen LogP) is 1.00. The van der Waals surface area contributed by atoms with Gasteiger partial charge in [-0.2, -0.15) is 0 Å². The number of carbonyl (C=O) groups is 1. The molecule has 3 heterocycles. The van der Waals surface area contributed by atoms with E-state index in [4.69, 9.17) is 14.2 Å². The summed E-state index contributed by atoms with van der Waals surface area (Å²) in [5.41, 5.74) is 0.908. The third kappa shape index (κ3) is 3.45. The van der Waals surface area contributed by atoms with Crippen molar-refractivity contribution in [2.75, 3.05) is 33.4 Å². The van der Waals surface area contributed by atoms with E-state index < -0.39 is 0 Å². The molecule has 6 nitrogen and oxygen atoms in total. The van der Waals surface area contributed by atoms with Crippen molar-refractivity contribution in [3.63, 3.8) is 0 Å². The van der Waals surface area contributed by atoms with Crippen molar-refractivity contribution in [2.45, 2.75) is 31.2 Å². The fourth-order valence-corrected chi connectivity index (χ4v) is 3.08. The third-order valence-corrected chi connectivity index (χ3v) is 4.26. The largest absolute Gasteiger partial charge is 0.375 e. The van der Waals surface area contributed by atoms with Crippen LogP contribution in [0.4, 0.5) is 0 Å². The molecule has 0 N–H and O–H groups in total. The maximum absolute atomic E-state index is 11.8. The molecule has 0 aliphatic carbocycles. The number of amides is 1. The van der Waals surface area contributed by atoms with Crippen molar-refractivity contribution >= 4 is 5.91 Å². The average molecular weight is 306 g/mol. The van der Waals surface area contributed by atoms with E-state index >= 15 is 0 Å². The topological polar surface area (TPSA) is 60.9 Å². The van der Waals surface area contributed by atoms with Gasteiger partial charge in [-0.25, -0.2) is 0 Å². The molecular formula is C16H22N2O4. The van der Waals surface area contributed by atoms with Gasteiger partial charge in [0.25, 0.3) is 0 Å². The molecule has 1 spiro atoms. The summed E-state index contributed by atoms with van der Waals surface area (Å²) < 4.78 is 16.8. The Labute approximate surface area is 130 Å². The first kappa shape index (κ1) is 15.4. The molecule has 0 unspecified atom stereocenters. The minimum Gasteiger partial charge on any atom is -0.375 e. The van der Waals surface area contributed by atoms with Crippen LogP contribution in [0, 0.1) is 0 Å². The lowest BCUT2D eigenvalue weighted by atomic mass is 9.84. The highest BCUT2D eigenvalue weighted by atomic mass is 16.5. The van der Waals surface area contributed by atoms with Gasteiger partial charge in [-0.05, 0) is 24.1 Å². The van der Waals surface area contributed by atoms with E-state index in [9.17, 15) is 4.79 Å². The first-order valence-electron chi connectivity index (χ1n) is 7.62. The highest BCUT2D eigenvalue weighted by molar-refractivity contribution is 5.78. The zero-order valence-electron chi connectivity index (χ0n) is 12.9. The highest BCUT2D eigenvalue weighted by Crippen LogP contribution is 2.35. The van der Waals surface area contributed by atoms with Crippen LogP contribution in [0.25, 0.3) is 0 Å². The second kappa shape index (κ2) is 6.73. The van der Waals surface area contributed by atoms with Crippen LogP contribution in [-0.4, -0.2) is 60.9 Å². The van der Waals surface area contributed by atoms with Crippen molar-refractivity contribution in [2.24, 2.45) is 0 Å². The van der Waals surface area contributed by atoms with Crippen molar-refractivity contribution in [3.05, 3.63) is 30.1 Å². The van der Waals surface area contributed by atoms with Crippen LogP contribution in [-0.2, 0) is 25.6 Å². The number of hydrogen-bond donors (Lipinski definition) is 0. The number of hydrogen-bond acceptors (Lipinski definition) is 5. The summed E-state index contributed by atoms with van der Waals surface area (Å²) in [6, 6.07) is 3.92. The van der Waals surface area contributed by atoms with Gasteiger partial charge in [-0.1, -0.05) is 0 Å². The number of ether oxygens (including phenoxy) is 3. The molecular weight excluding hydrogens is 284 g/mol. The molecule has 22 heavy (non-hydrogen) atoms.